The quantitative estimate of drug-likeness (QED) is 0.856. The molecule has 3 rings (SSSR count). The number of piperazine rings is 1. The van der Waals surface area contributed by atoms with E-state index < -0.39 is 6.10 Å². The highest BCUT2D eigenvalue weighted by Gasteiger charge is 2.28. The summed E-state index contributed by atoms with van der Waals surface area (Å²) in [6.45, 7) is 8.77. The van der Waals surface area contributed by atoms with Crippen molar-refractivity contribution in [2.24, 2.45) is 0 Å². The van der Waals surface area contributed by atoms with E-state index in [4.69, 9.17) is 4.74 Å². The first-order chi connectivity index (χ1) is 11.7. The third-order valence-corrected chi connectivity index (χ3v) is 4.87. The van der Waals surface area contributed by atoms with Crippen molar-refractivity contribution in [2.45, 2.75) is 32.4 Å². The minimum Gasteiger partial charge on any atom is -0.493 e. The fraction of sp³-hybridized carbons (Fsp3) is 0.500. The maximum Gasteiger partial charge on any atom is 0.125 e. The van der Waals surface area contributed by atoms with Crippen LogP contribution >= 0.6 is 0 Å². The van der Waals surface area contributed by atoms with Gasteiger partial charge in [-0.15, -0.1) is 0 Å². The Labute approximate surface area is 144 Å². The summed E-state index contributed by atoms with van der Waals surface area (Å²) in [5, 5.41) is 16.8. The third kappa shape index (κ3) is 3.56. The van der Waals surface area contributed by atoms with Crippen molar-refractivity contribution < 1.29 is 9.84 Å². The van der Waals surface area contributed by atoms with Crippen LogP contribution in [0, 0.1) is 0 Å². The van der Waals surface area contributed by atoms with Gasteiger partial charge in [0.25, 0.3) is 0 Å². The van der Waals surface area contributed by atoms with E-state index >= 15 is 0 Å². The predicted molar refractivity (Wildman–Crippen MR) is 98.6 cm³/mol. The Hall–Kier alpha value is -1.62. The average molecular weight is 328 g/mol. The van der Waals surface area contributed by atoms with E-state index in [1.54, 1.807) is 0 Å². The van der Waals surface area contributed by atoms with Gasteiger partial charge in [0.15, 0.2) is 0 Å². The monoisotopic (exact) mass is 328 g/mol. The predicted octanol–water partition coefficient (Wildman–Crippen LogP) is 2.96. The molecule has 2 aromatic rings. The van der Waals surface area contributed by atoms with Gasteiger partial charge in [0.2, 0.25) is 0 Å². The molecule has 0 amide bonds. The lowest BCUT2D eigenvalue weighted by molar-refractivity contribution is 0.0500. The Kier molecular flexibility index (Phi) is 5.72. The van der Waals surface area contributed by atoms with Crippen molar-refractivity contribution in [3.8, 4) is 5.75 Å². The van der Waals surface area contributed by atoms with Crippen LogP contribution in [0.1, 0.15) is 31.9 Å². The van der Waals surface area contributed by atoms with Crippen molar-refractivity contribution in [1.29, 1.82) is 0 Å². The molecule has 2 aromatic carbocycles. The van der Waals surface area contributed by atoms with Crippen LogP contribution < -0.4 is 10.1 Å². The molecule has 4 nitrogen and oxygen atoms in total. The van der Waals surface area contributed by atoms with Crippen LogP contribution in [0.15, 0.2) is 36.4 Å². The Morgan fingerprint density at radius 3 is 2.67 bits per heavy atom. The van der Waals surface area contributed by atoms with Gasteiger partial charge in [-0.3, -0.25) is 4.90 Å². The second-order valence-electron chi connectivity index (χ2n) is 6.52. The number of ether oxygens (including phenoxy) is 1. The summed E-state index contributed by atoms with van der Waals surface area (Å²) in [5.74, 6) is 0.810. The van der Waals surface area contributed by atoms with E-state index in [1.807, 2.05) is 18.2 Å². The summed E-state index contributed by atoms with van der Waals surface area (Å²) < 4.78 is 5.96. The van der Waals surface area contributed by atoms with E-state index in [1.165, 1.54) is 0 Å². The van der Waals surface area contributed by atoms with E-state index in [0.29, 0.717) is 6.61 Å². The average Bonchev–Trinajstić information content (AvgIpc) is 2.65. The third-order valence-electron chi connectivity index (χ3n) is 4.87. The second kappa shape index (κ2) is 7.97. The minimum absolute atomic E-state index is 0.0573. The molecule has 24 heavy (non-hydrogen) atoms. The van der Waals surface area contributed by atoms with Gasteiger partial charge in [0.05, 0.1) is 12.7 Å². The zero-order valence-electron chi connectivity index (χ0n) is 14.7. The van der Waals surface area contributed by atoms with Crippen LogP contribution in [0.4, 0.5) is 0 Å². The number of benzene rings is 2. The molecule has 0 saturated carbocycles. The first-order valence-corrected chi connectivity index (χ1v) is 8.99. The first kappa shape index (κ1) is 17.2. The highest BCUT2D eigenvalue weighted by molar-refractivity contribution is 5.88. The molecule has 1 aliphatic rings. The summed E-state index contributed by atoms with van der Waals surface area (Å²) in [4.78, 5) is 2.35. The zero-order chi connectivity index (χ0) is 16.9. The molecule has 1 aliphatic heterocycles. The van der Waals surface area contributed by atoms with Crippen molar-refractivity contribution in [2.75, 3.05) is 32.8 Å². The van der Waals surface area contributed by atoms with Crippen LogP contribution in [0.5, 0.6) is 5.75 Å². The van der Waals surface area contributed by atoms with E-state index in [-0.39, 0.29) is 6.04 Å². The van der Waals surface area contributed by atoms with Crippen LogP contribution in [0.2, 0.25) is 0 Å². The van der Waals surface area contributed by atoms with Crippen molar-refractivity contribution in [3.05, 3.63) is 42.0 Å². The highest BCUT2D eigenvalue weighted by atomic mass is 16.5. The molecule has 0 aliphatic carbocycles. The Morgan fingerprint density at radius 2 is 1.92 bits per heavy atom. The summed E-state index contributed by atoms with van der Waals surface area (Å²) in [6, 6.07) is 12.4. The number of hydrogen-bond donors (Lipinski definition) is 2. The standard InChI is InChI=1S/C20H28N2O2/c1-3-14-24-18-9-8-16-6-4-5-7-17(16)19(18)20(23)15(2)22-12-10-21-11-13-22/h4-9,15,20-21,23H,3,10-14H2,1-2H3. The molecule has 2 atom stereocenters. The molecule has 1 saturated heterocycles. The summed E-state index contributed by atoms with van der Waals surface area (Å²) in [7, 11) is 0. The largest absolute Gasteiger partial charge is 0.493 e. The van der Waals surface area contributed by atoms with Gasteiger partial charge >= 0.3 is 0 Å². The molecule has 2 unspecified atom stereocenters. The first-order valence-electron chi connectivity index (χ1n) is 8.99. The molecule has 0 bridgehead atoms. The lowest BCUT2D eigenvalue weighted by atomic mass is 9.94. The normalized spacial score (nSPS) is 18.5. The van der Waals surface area contributed by atoms with Gasteiger partial charge in [0, 0.05) is 37.8 Å². The van der Waals surface area contributed by atoms with Gasteiger partial charge in [-0.25, -0.2) is 0 Å². The Balaban J connectivity index is 1.97. The number of nitrogens with one attached hydrogen (secondary N) is 1. The van der Waals surface area contributed by atoms with Crippen LogP contribution in [-0.2, 0) is 0 Å². The lowest BCUT2D eigenvalue weighted by Crippen LogP contribution is -2.49. The SMILES string of the molecule is CCCOc1ccc2ccccc2c1C(O)C(C)N1CCNCC1. The molecule has 2 N–H and O–H groups in total. The van der Waals surface area contributed by atoms with Crippen LogP contribution in [0.3, 0.4) is 0 Å². The molecule has 4 heteroatoms. The Bertz CT molecular complexity index is 668. The van der Waals surface area contributed by atoms with Crippen molar-refractivity contribution in [1.82, 2.24) is 10.2 Å². The number of fused-ring (bicyclic) bond motifs is 1. The van der Waals surface area contributed by atoms with Crippen LogP contribution in [-0.4, -0.2) is 48.8 Å². The minimum atomic E-state index is -0.568. The van der Waals surface area contributed by atoms with Crippen LogP contribution in [0.25, 0.3) is 10.8 Å². The zero-order valence-corrected chi connectivity index (χ0v) is 14.7. The number of hydrogen-bond acceptors (Lipinski definition) is 4. The number of nitrogens with zero attached hydrogens (tertiary/aromatic N) is 1. The summed E-state index contributed by atoms with van der Waals surface area (Å²) in [5.41, 5.74) is 0.924. The van der Waals surface area contributed by atoms with Gasteiger partial charge in [-0.05, 0) is 30.2 Å². The van der Waals surface area contributed by atoms with Gasteiger partial charge in [0.1, 0.15) is 5.75 Å². The lowest BCUT2D eigenvalue weighted by Gasteiger charge is -2.36. The molecule has 1 fully saturated rings. The van der Waals surface area contributed by atoms with Gasteiger partial charge in [-0.1, -0.05) is 37.3 Å². The van der Waals surface area contributed by atoms with Gasteiger partial charge in [-0.2, -0.15) is 0 Å². The highest BCUT2D eigenvalue weighted by Crippen LogP contribution is 2.36. The second-order valence-corrected chi connectivity index (χ2v) is 6.52. The molecule has 0 aromatic heterocycles. The number of rotatable bonds is 6. The fourth-order valence-corrected chi connectivity index (χ4v) is 3.45. The van der Waals surface area contributed by atoms with Crippen molar-refractivity contribution in [3.63, 3.8) is 0 Å². The molecule has 0 spiro atoms. The number of aliphatic hydroxyl groups excluding tert-OH is 1. The molecule has 130 valence electrons. The van der Waals surface area contributed by atoms with Gasteiger partial charge < -0.3 is 15.2 Å². The maximum atomic E-state index is 11.2. The maximum absolute atomic E-state index is 11.2. The summed E-state index contributed by atoms with van der Waals surface area (Å²) >= 11 is 0. The molecular formula is C20H28N2O2. The molecular weight excluding hydrogens is 300 g/mol. The van der Waals surface area contributed by atoms with E-state index in [9.17, 15) is 5.11 Å². The topological polar surface area (TPSA) is 44.7 Å². The number of aliphatic hydroxyl groups is 1. The molecule has 0 radical (unpaired) electrons. The fourth-order valence-electron chi connectivity index (χ4n) is 3.45. The van der Waals surface area contributed by atoms with E-state index in [2.05, 4.69) is 42.3 Å². The smallest absolute Gasteiger partial charge is 0.125 e. The van der Waals surface area contributed by atoms with Crippen molar-refractivity contribution >= 4 is 10.8 Å². The summed E-state index contributed by atoms with van der Waals surface area (Å²) in [6.07, 6.45) is 0.386. The molecule has 1 heterocycles. The van der Waals surface area contributed by atoms with E-state index in [0.717, 1.165) is 54.7 Å². The Morgan fingerprint density at radius 1 is 1.17 bits per heavy atom.